The van der Waals surface area contributed by atoms with Crippen LogP contribution in [0.1, 0.15) is 35.7 Å². The molecule has 26 heavy (non-hydrogen) atoms. The number of quaternary nitrogens is 1. The molecule has 0 spiro atoms. The Kier molecular flexibility index (Phi) is 5.84. The number of esters is 1. The Morgan fingerprint density at radius 2 is 1.69 bits per heavy atom. The van der Waals surface area contributed by atoms with Gasteiger partial charge in [0.2, 0.25) is 0 Å². The number of hydrogen-bond donors (Lipinski definition) is 1. The summed E-state index contributed by atoms with van der Waals surface area (Å²) in [6.45, 7) is 3.42. The number of hydrogen-bond acceptors (Lipinski definition) is 3. The first-order valence-corrected chi connectivity index (χ1v) is 9.30. The molecule has 4 nitrogen and oxygen atoms in total. The molecule has 0 aromatic heterocycles. The van der Waals surface area contributed by atoms with Crippen molar-refractivity contribution in [3.05, 3.63) is 71.8 Å². The predicted octanol–water partition coefficient (Wildman–Crippen LogP) is 2.30. The van der Waals surface area contributed by atoms with E-state index in [4.69, 9.17) is 4.74 Å². The van der Waals surface area contributed by atoms with Crippen LogP contribution < -0.4 is 4.90 Å². The Bertz CT molecular complexity index is 744. The van der Waals surface area contributed by atoms with Gasteiger partial charge in [-0.15, -0.1) is 0 Å². The van der Waals surface area contributed by atoms with E-state index in [9.17, 15) is 9.59 Å². The summed E-state index contributed by atoms with van der Waals surface area (Å²) >= 11 is 0. The lowest BCUT2D eigenvalue weighted by Gasteiger charge is -2.37. The number of carbonyl (C=O) groups is 2. The molecule has 1 N–H and O–H groups in total. The van der Waals surface area contributed by atoms with Crippen molar-refractivity contribution in [2.45, 2.75) is 26.2 Å². The number of carbonyl (C=O) groups excluding carboxylic acids is 2. The molecule has 1 saturated heterocycles. The second-order valence-corrected chi connectivity index (χ2v) is 6.99. The summed E-state index contributed by atoms with van der Waals surface area (Å²) < 4.78 is 5.43. The number of amides is 1. The minimum Gasteiger partial charge on any atom is -0.465 e. The average molecular weight is 352 g/mol. The summed E-state index contributed by atoms with van der Waals surface area (Å²) in [5.41, 5.74) is 1.16. The second kappa shape index (κ2) is 8.28. The van der Waals surface area contributed by atoms with Gasteiger partial charge in [-0.1, -0.05) is 48.5 Å². The van der Waals surface area contributed by atoms with E-state index in [0.29, 0.717) is 25.1 Å². The summed E-state index contributed by atoms with van der Waals surface area (Å²) in [4.78, 5) is 26.7. The number of likely N-dealkylation sites (tertiary alicyclic amines) is 1. The number of ether oxygens (including phenoxy) is 1. The average Bonchev–Trinajstić information content (AvgIpc) is 2.69. The van der Waals surface area contributed by atoms with E-state index in [2.05, 4.69) is 0 Å². The number of benzene rings is 2. The second-order valence-electron chi connectivity index (χ2n) is 6.99. The maximum Gasteiger partial charge on any atom is 0.344 e. The molecule has 0 bridgehead atoms. The van der Waals surface area contributed by atoms with Gasteiger partial charge in [-0.2, -0.15) is 0 Å². The monoisotopic (exact) mass is 352 g/mol. The molecule has 0 radical (unpaired) electrons. The van der Waals surface area contributed by atoms with Gasteiger partial charge in [0.15, 0.2) is 0 Å². The maximum absolute atomic E-state index is 12.9. The normalized spacial score (nSPS) is 22.6. The lowest BCUT2D eigenvalue weighted by molar-refractivity contribution is -0.827. The van der Waals surface area contributed by atoms with Gasteiger partial charge < -0.3 is 4.74 Å². The van der Waals surface area contributed by atoms with Crippen LogP contribution in [0.4, 0.5) is 0 Å². The topological polar surface area (TPSA) is 47.8 Å². The SMILES string of the molecule is CCOC(=O)C1(Cc2ccccc2)CCC[NH+](C(=O)c2ccccc2)C1. The van der Waals surface area contributed by atoms with Gasteiger partial charge in [0.05, 0.1) is 18.7 Å². The lowest BCUT2D eigenvalue weighted by Crippen LogP contribution is -3.17. The molecule has 0 saturated carbocycles. The third-order valence-electron chi connectivity index (χ3n) is 5.14. The molecule has 2 unspecified atom stereocenters. The van der Waals surface area contributed by atoms with E-state index < -0.39 is 5.41 Å². The first-order chi connectivity index (χ1) is 12.6. The minimum atomic E-state index is -0.643. The molecule has 136 valence electrons. The largest absolute Gasteiger partial charge is 0.465 e. The van der Waals surface area contributed by atoms with Crippen LogP contribution in [-0.2, 0) is 16.0 Å². The van der Waals surface area contributed by atoms with E-state index in [1.54, 1.807) is 0 Å². The van der Waals surface area contributed by atoms with Gasteiger partial charge in [0.1, 0.15) is 12.0 Å². The molecule has 1 heterocycles. The lowest BCUT2D eigenvalue weighted by atomic mass is 9.75. The highest BCUT2D eigenvalue weighted by molar-refractivity contribution is 5.87. The fourth-order valence-electron chi connectivity index (χ4n) is 3.88. The minimum absolute atomic E-state index is 0.0621. The molecule has 0 aliphatic carbocycles. The van der Waals surface area contributed by atoms with Crippen LogP contribution in [0.3, 0.4) is 0 Å². The van der Waals surface area contributed by atoms with Crippen molar-refractivity contribution < 1.29 is 19.2 Å². The summed E-state index contributed by atoms with van der Waals surface area (Å²) in [7, 11) is 0. The fourth-order valence-corrected chi connectivity index (χ4v) is 3.88. The Morgan fingerprint density at radius 3 is 2.35 bits per heavy atom. The number of rotatable bonds is 5. The molecule has 3 rings (SSSR count). The van der Waals surface area contributed by atoms with E-state index in [-0.39, 0.29) is 11.9 Å². The van der Waals surface area contributed by atoms with Crippen LogP contribution in [0.15, 0.2) is 60.7 Å². The van der Waals surface area contributed by atoms with Crippen LogP contribution in [0, 0.1) is 5.41 Å². The van der Waals surface area contributed by atoms with Crippen molar-refractivity contribution in [2.24, 2.45) is 5.41 Å². The van der Waals surface area contributed by atoms with Gasteiger partial charge in [0.25, 0.3) is 0 Å². The van der Waals surface area contributed by atoms with Gasteiger partial charge in [-0.25, -0.2) is 4.79 Å². The first-order valence-electron chi connectivity index (χ1n) is 9.30. The fraction of sp³-hybridized carbons (Fsp3) is 0.364. The Morgan fingerprint density at radius 1 is 1.04 bits per heavy atom. The summed E-state index contributed by atoms with van der Waals surface area (Å²) in [5.74, 6) is -0.117. The third-order valence-corrected chi connectivity index (χ3v) is 5.14. The van der Waals surface area contributed by atoms with Gasteiger partial charge in [-0.05, 0) is 43.9 Å². The zero-order chi connectivity index (χ0) is 18.4. The van der Waals surface area contributed by atoms with Crippen LogP contribution in [0.5, 0.6) is 0 Å². The number of piperidine rings is 1. The van der Waals surface area contributed by atoms with Crippen LogP contribution in [0.2, 0.25) is 0 Å². The van der Waals surface area contributed by atoms with Crippen molar-refractivity contribution in [1.29, 1.82) is 0 Å². The highest BCUT2D eigenvalue weighted by atomic mass is 16.5. The standard InChI is InChI=1S/C22H25NO3/c1-2-26-21(25)22(16-18-10-5-3-6-11-18)14-9-15-23(17-22)20(24)19-12-7-4-8-13-19/h3-8,10-13H,2,9,14-17H2,1H3/p+1. The highest BCUT2D eigenvalue weighted by Crippen LogP contribution is 2.31. The highest BCUT2D eigenvalue weighted by Gasteiger charge is 2.48. The zero-order valence-corrected chi connectivity index (χ0v) is 15.2. The van der Waals surface area contributed by atoms with E-state index in [1.165, 1.54) is 0 Å². The molecular weight excluding hydrogens is 326 g/mol. The molecule has 2 atom stereocenters. The Balaban J connectivity index is 1.86. The quantitative estimate of drug-likeness (QED) is 0.840. The van der Waals surface area contributed by atoms with Gasteiger partial charge in [-0.3, -0.25) is 9.69 Å². The maximum atomic E-state index is 12.9. The molecule has 2 aromatic carbocycles. The Hall–Kier alpha value is -2.46. The molecule has 4 heteroatoms. The van der Waals surface area contributed by atoms with E-state index in [1.807, 2.05) is 67.6 Å². The Labute approximate surface area is 154 Å². The van der Waals surface area contributed by atoms with Crippen molar-refractivity contribution >= 4 is 11.9 Å². The first kappa shape index (κ1) is 18.3. The molecule has 1 amide bonds. The van der Waals surface area contributed by atoms with Crippen LogP contribution >= 0.6 is 0 Å². The van der Waals surface area contributed by atoms with Crippen molar-refractivity contribution in [3.63, 3.8) is 0 Å². The zero-order valence-electron chi connectivity index (χ0n) is 15.2. The van der Waals surface area contributed by atoms with Gasteiger partial charge >= 0.3 is 11.9 Å². The molecular formula is C22H26NO3+. The van der Waals surface area contributed by atoms with Crippen molar-refractivity contribution in [3.8, 4) is 0 Å². The van der Waals surface area contributed by atoms with E-state index >= 15 is 0 Å². The van der Waals surface area contributed by atoms with Crippen LogP contribution in [-0.4, -0.2) is 31.6 Å². The van der Waals surface area contributed by atoms with Gasteiger partial charge in [0, 0.05) is 0 Å². The van der Waals surface area contributed by atoms with E-state index in [0.717, 1.165) is 29.8 Å². The summed E-state index contributed by atoms with van der Waals surface area (Å²) in [6, 6.07) is 19.3. The van der Waals surface area contributed by atoms with Crippen molar-refractivity contribution in [1.82, 2.24) is 0 Å². The van der Waals surface area contributed by atoms with Crippen molar-refractivity contribution in [2.75, 3.05) is 19.7 Å². The number of nitrogens with one attached hydrogen (secondary N) is 1. The third kappa shape index (κ3) is 4.02. The summed E-state index contributed by atoms with van der Waals surface area (Å²) in [6.07, 6.45) is 2.20. The molecule has 2 aromatic rings. The smallest absolute Gasteiger partial charge is 0.344 e. The molecule has 1 aliphatic rings. The molecule has 1 aliphatic heterocycles. The summed E-state index contributed by atoms with van der Waals surface area (Å²) in [5, 5.41) is 0. The molecule has 1 fully saturated rings. The predicted molar refractivity (Wildman–Crippen MR) is 99.9 cm³/mol. The van der Waals surface area contributed by atoms with Crippen LogP contribution in [0.25, 0.3) is 0 Å².